The highest BCUT2D eigenvalue weighted by atomic mass is 16.3. The molecule has 0 radical (unpaired) electrons. The number of aromatic nitrogens is 3. The monoisotopic (exact) mass is 338 g/mol. The molecule has 0 bridgehead atoms. The Morgan fingerprint density at radius 1 is 1.33 bits per heavy atom. The maximum atomic E-state index is 12.3. The molecule has 1 unspecified atom stereocenters. The Morgan fingerprint density at radius 2 is 2.12 bits per heavy atom. The van der Waals surface area contributed by atoms with E-state index in [4.69, 9.17) is 5.11 Å². The molecule has 0 fully saturated rings. The summed E-state index contributed by atoms with van der Waals surface area (Å²) in [6.07, 6.45) is 5.59. The highest BCUT2D eigenvalue weighted by molar-refractivity contribution is 5.75. The molecule has 0 aromatic carbocycles. The predicted octanol–water partition coefficient (Wildman–Crippen LogP) is 0.932. The van der Waals surface area contributed by atoms with E-state index in [2.05, 4.69) is 24.3 Å². The van der Waals surface area contributed by atoms with Crippen LogP contribution >= 0.6 is 0 Å². The highest BCUT2D eigenvalue weighted by Crippen LogP contribution is 2.14. The molecule has 136 valence electrons. The molecule has 0 spiro atoms. The number of aryl methyl sites for hydroxylation is 1. The zero-order chi connectivity index (χ0) is 17.5. The van der Waals surface area contributed by atoms with Crippen LogP contribution in [0, 0.1) is 11.8 Å². The SMILES string of the molecule is CC(C)CC(CCO)CNC(=O)Cn1nc2n(c1=O)CCCCC2. The van der Waals surface area contributed by atoms with E-state index >= 15 is 0 Å². The summed E-state index contributed by atoms with van der Waals surface area (Å²) >= 11 is 0. The van der Waals surface area contributed by atoms with Gasteiger partial charge in [-0.15, -0.1) is 0 Å². The Morgan fingerprint density at radius 3 is 2.83 bits per heavy atom. The van der Waals surface area contributed by atoms with Gasteiger partial charge in [-0.25, -0.2) is 9.48 Å². The first-order valence-electron chi connectivity index (χ1n) is 9.05. The fourth-order valence-electron chi connectivity index (χ4n) is 3.33. The Hall–Kier alpha value is -1.63. The summed E-state index contributed by atoms with van der Waals surface area (Å²) in [5.74, 6) is 1.37. The number of carbonyl (C=O) groups excluding carboxylic acids is 1. The van der Waals surface area contributed by atoms with Gasteiger partial charge in [-0.2, -0.15) is 5.10 Å². The average molecular weight is 338 g/mol. The number of hydrogen-bond acceptors (Lipinski definition) is 4. The van der Waals surface area contributed by atoms with Crippen LogP contribution in [0.5, 0.6) is 0 Å². The number of aliphatic hydroxyl groups is 1. The van der Waals surface area contributed by atoms with E-state index in [1.807, 2.05) is 0 Å². The summed E-state index contributed by atoms with van der Waals surface area (Å²) in [5, 5.41) is 16.3. The number of aliphatic hydroxyl groups excluding tert-OH is 1. The van der Waals surface area contributed by atoms with E-state index in [0.717, 1.165) is 37.9 Å². The van der Waals surface area contributed by atoms with Gasteiger partial charge in [0.1, 0.15) is 12.4 Å². The van der Waals surface area contributed by atoms with E-state index in [1.165, 1.54) is 4.68 Å². The van der Waals surface area contributed by atoms with Gasteiger partial charge < -0.3 is 10.4 Å². The lowest BCUT2D eigenvalue weighted by atomic mass is 9.94. The minimum atomic E-state index is -0.197. The third kappa shape index (κ3) is 5.19. The molecule has 1 aromatic heterocycles. The quantitative estimate of drug-likeness (QED) is 0.738. The van der Waals surface area contributed by atoms with Crippen LogP contribution in [-0.2, 0) is 24.3 Å². The van der Waals surface area contributed by atoms with Gasteiger partial charge in [0, 0.05) is 26.1 Å². The molecule has 1 aliphatic rings. The maximum Gasteiger partial charge on any atom is 0.346 e. The average Bonchev–Trinajstić information content (AvgIpc) is 2.70. The number of hydrogen-bond donors (Lipinski definition) is 2. The second-order valence-corrected chi connectivity index (χ2v) is 7.13. The van der Waals surface area contributed by atoms with Crippen LogP contribution in [0.15, 0.2) is 4.79 Å². The summed E-state index contributed by atoms with van der Waals surface area (Å²) in [6.45, 7) is 5.57. The zero-order valence-corrected chi connectivity index (χ0v) is 14.8. The van der Waals surface area contributed by atoms with Crippen molar-refractivity contribution in [2.24, 2.45) is 11.8 Å². The van der Waals surface area contributed by atoms with Crippen LogP contribution in [0.25, 0.3) is 0 Å². The molecule has 0 aliphatic carbocycles. The molecule has 1 aromatic rings. The Balaban J connectivity index is 1.91. The van der Waals surface area contributed by atoms with E-state index in [1.54, 1.807) is 4.57 Å². The molecule has 24 heavy (non-hydrogen) atoms. The normalized spacial score (nSPS) is 15.8. The Labute approximate surface area is 143 Å². The summed E-state index contributed by atoms with van der Waals surface area (Å²) in [5.41, 5.74) is -0.184. The third-order valence-electron chi connectivity index (χ3n) is 4.50. The molecule has 0 saturated heterocycles. The van der Waals surface area contributed by atoms with Crippen LogP contribution < -0.4 is 11.0 Å². The van der Waals surface area contributed by atoms with Crippen LogP contribution in [-0.4, -0.2) is 38.5 Å². The molecule has 1 aliphatic heterocycles. The van der Waals surface area contributed by atoms with Crippen molar-refractivity contribution in [3.05, 3.63) is 16.3 Å². The van der Waals surface area contributed by atoms with Crippen molar-refractivity contribution in [1.82, 2.24) is 19.7 Å². The summed E-state index contributed by atoms with van der Waals surface area (Å²) in [6, 6.07) is 0. The van der Waals surface area contributed by atoms with Gasteiger partial charge in [0.05, 0.1) is 0 Å². The van der Waals surface area contributed by atoms with Crippen molar-refractivity contribution in [1.29, 1.82) is 0 Å². The van der Waals surface area contributed by atoms with Crippen molar-refractivity contribution >= 4 is 5.91 Å². The zero-order valence-electron chi connectivity index (χ0n) is 14.8. The van der Waals surface area contributed by atoms with Crippen molar-refractivity contribution in [3.63, 3.8) is 0 Å². The van der Waals surface area contributed by atoms with Crippen LogP contribution in [0.1, 0.15) is 51.8 Å². The highest BCUT2D eigenvalue weighted by Gasteiger charge is 2.18. The maximum absolute atomic E-state index is 12.3. The molecule has 1 atom stereocenters. The van der Waals surface area contributed by atoms with Crippen molar-refractivity contribution < 1.29 is 9.90 Å². The number of fused-ring (bicyclic) bond motifs is 1. The van der Waals surface area contributed by atoms with Gasteiger partial charge in [-0.3, -0.25) is 9.36 Å². The van der Waals surface area contributed by atoms with Gasteiger partial charge in [0.25, 0.3) is 0 Å². The van der Waals surface area contributed by atoms with Gasteiger partial charge in [0.15, 0.2) is 0 Å². The molecule has 2 heterocycles. The van der Waals surface area contributed by atoms with Crippen LogP contribution in [0.4, 0.5) is 0 Å². The topological polar surface area (TPSA) is 89.2 Å². The van der Waals surface area contributed by atoms with Crippen LogP contribution in [0.2, 0.25) is 0 Å². The Bertz CT molecular complexity index is 591. The molecule has 7 nitrogen and oxygen atoms in total. The van der Waals surface area contributed by atoms with Crippen molar-refractivity contribution in [3.8, 4) is 0 Å². The molecule has 2 rings (SSSR count). The largest absolute Gasteiger partial charge is 0.396 e. The molecule has 1 amide bonds. The Kier molecular flexibility index (Phi) is 7.02. The van der Waals surface area contributed by atoms with Gasteiger partial charge >= 0.3 is 5.69 Å². The molecular formula is C17H30N4O3. The smallest absolute Gasteiger partial charge is 0.346 e. The first-order chi connectivity index (χ1) is 11.5. The van der Waals surface area contributed by atoms with Gasteiger partial charge in [-0.05, 0) is 37.5 Å². The number of carbonyl (C=O) groups is 1. The molecule has 2 N–H and O–H groups in total. The third-order valence-corrected chi connectivity index (χ3v) is 4.50. The number of amides is 1. The summed E-state index contributed by atoms with van der Waals surface area (Å²) in [4.78, 5) is 24.5. The first-order valence-corrected chi connectivity index (χ1v) is 9.05. The summed E-state index contributed by atoms with van der Waals surface area (Å²) < 4.78 is 2.98. The van der Waals surface area contributed by atoms with E-state index in [0.29, 0.717) is 25.4 Å². The van der Waals surface area contributed by atoms with E-state index in [-0.39, 0.29) is 30.7 Å². The van der Waals surface area contributed by atoms with Crippen molar-refractivity contribution in [2.45, 2.75) is 65.5 Å². The summed E-state index contributed by atoms with van der Waals surface area (Å²) in [7, 11) is 0. The lowest BCUT2D eigenvalue weighted by Crippen LogP contribution is -2.36. The number of nitrogens with zero attached hydrogens (tertiary/aromatic N) is 3. The minimum Gasteiger partial charge on any atom is -0.396 e. The fourth-order valence-corrected chi connectivity index (χ4v) is 3.33. The van der Waals surface area contributed by atoms with Crippen molar-refractivity contribution in [2.75, 3.05) is 13.2 Å². The predicted molar refractivity (Wildman–Crippen MR) is 91.7 cm³/mol. The van der Waals surface area contributed by atoms with Gasteiger partial charge in [-0.1, -0.05) is 20.3 Å². The van der Waals surface area contributed by atoms with Crippen LogP contribution in [0.3, 0.4) is 0 Å². The second kappa shape index (κ2) is 9.01. The first kappa shape index (κ1) is 18.7. The van der Waals surface area contributed by atoms with Gasteiger partial charge in [0.2, 0.25) is 5.91 Å². The van der Waals surface area contributed by atoms with E-state index in [9.17, 15) is 9.59 Å². The molecular weight excluding hydrogens is 308 g/mol. The molecule has 7 heteroatoms. The lowest BCUT2D eigenvalue weighted by molar-refractivity contribution is -0.122. The standard InChI is InChI=1S/C17H30N4O3/c1-13(2)10-14(7-9-22)11-18-16(23)12-21-17(24)20-8-5-3-4-6-15(20)19-21/h13-14,22H,3-12H2,1-2H3,(H,18,23). The second-order valence-electron chi connectivity index (χ2n) is 7.13. The van der Waals surface area contributed by atoms with E-state index < -0.39 is 0 Å². The minimum absolute atomic E-state index is 0.0354. The number of nitrogens with one attached hydrogen (secondary N) is 1. The lowest BCUT2D eigenvalue weighted by Gasteiger charge is -2.18. The fraction of sp³-hybridized carbons (Fsp3) is 0.824. The molecule has 0 saturated carbocycles. The number of rotatable bonds is 8.